The molecule has 3 nitrogen and oxygen atoms in total. The van der Waals surface area contributed by atoms with E-state index >= 15 is 0 Å². The van der Waals surface area contributed by atoms with Crippen molar-refractivity contribution in [1.29, 1.82) is 0 Å². The molecule has 1 unspecified atom stereocenters. The van der Waals surface area contributed by atoms with E-state index in [0.717, 1.165) is 41.2 Å². The maximum absolute atomic E-state index is 13.0. The topological polar surface area (TPSA) is 42.0 Å². The van der Waals surface area contributed by atoms with Crippen molar-refractivity contribution in [3.8, 4) is 0 Å². The summed E-state index contributed by atoms with van der Waals surface area (Å²) < 4.78 is 0. The number of amides is 1. The number of aromatic nitrogens is 1. The number of rotatable bonds is 5. The minimum Gasteiger partial charge on any atom is -0.345 e. The summed E-state index contributed by atoms with van der Waals surface area (Å²) in [5.41, 5.74) is 6.26. The van der Waals surface area contributed by atoms with Gasteiger partial charge in [0.2, 0.25) is 0 Å². The van der Waals surface area contributed by atoms with Gasteiger partial charge in [0.25, 0.3) is 5.91 Å². The van der Waals surface area contributed by atoms with Crippen molar-refractivity contribution in [2.45, 2.75) is 36.0 Å². The van der Waals surface area contributed by atoms with E-state index in [1.54, 1.807) is 23.1 Å². The van der Waals surface area contributed by atoms with Gasteiger partial charge in [0.1, 0.15) is 0 Å². The highest BCUT2D eigenvalue weighted by molar-refractivity contribution is 7.98. The van der Waals surface area contributed by atoms with Crippen molar-refractivity contribution in [1.82, 2.24) is 10.3 Å². The highest BCUT2D eigenvalue weighted by Gasteiger charge is 2.22. The molecule has 1 aromatic heterocycles. The molecule has 0 saturated carbocycles. The van der Waals surface area contributed by atoms with Crippen molar-refractivity contribution in [3.05, 3.63) is 81.8 Å². The summed E-state index contributed by atoms with van der Waals surface area (Å²) in [5, 5.41) is 5.31. The van der Waals surface area contributed by atoms with Crippen LogP contribution in [0.4, 0.5) is 0 Å². The lowest BCUT2D eigenvalue weighted by atomic mass is 9.87. The fourth-order valence-electron chi connectivity index (χ4n) is 3.38. The molecule has 1 aliphatic rings. The highest BCUT2D eigenvalue weighted by atomic mass is 32.2. The SMILES string of the molecule is O=C(NC1CCCc2ccccc21)c1ccccc1SCc1cscn1. The Labute approximate surface area is 161 Å². The van der Waals surface area contributed by atoms with E-state index in [2.05, 4.69) is 39.9 Å². The zero-order chi connectivity index (χ0) is 17.8. The van der Waals surface area contributed by atoms with Crippen LogP contribution in [-0.4, -0.2) is 10.9 Å². The fourth-order valence-corrected chi connectivity index (χ4v) is 5.00. The van der Waals surface area contributed by atoms with E-state index in [1.165, 1.54) is 11.1 Å². The molecule has 0 bridgehead atoms. The van der Waals surface area contributed by atoms with Crippen LogP contribution in [0.3, 0.4) is 0 Å². The molecule has 5 heteroatoms. The van der Waals surface area contributed by atoms with Crippen molar-refractivity contribution in [2.24, 2.45) is 0 Å². The van der Waals surface area contributed by atoms with Crippen LogP contribution in [0.2, 0.25) is 0 Å². The number of benzene rings is 2. The van der Waals surface area contributed by atoms with Crippen LogP contribution >= 0.6 is 23.1 Å². The van der Waals surface area contributed by atoms with Crippen LogP contribution in [-0.2, 0) is 12.2 Å². The second-order valence-electron chi connectivity index (χ2n) is 6.38. The average molecular weight is 381 g/mol. The normalized spacial score (nSPS) is 16.1. The molecule has 1 amide bonds. The maximum atomic E-state index is 13.0. The van der Waals surface area contributed by atoms with Gasteiger partial charge in [-0.3, -0.25) is 4.79 Å². The lowest BCUT2D eigenvalue weighted by Crippen LogP contribution is -2.31. The molecule has 0 fully saturated rings. The third kappa shape index (κ3) is 3.84. The van der Waals surface area contributed by atoms with Gasteiger partial charge in [-0.05, 0) is 42.5 Å². The Morgan fingerprint density at radius 2 is 2.04 bits per heavy atom. The number of aryl methyl sites for hydroxylation is 1. The summed E-state index contributed by atoms with van der Waals surface area (Å²) in [6, 6.07) is 16.4. The quantitative estimate of drug-likeness (QED) is 0.615. The van der Waals surface area contributed by atoms with Crippen LogP contribution in [0.25, 0.3) is 0 Å². The van der Waals surface area contributed by atoms with E-state index in [9.17, 15) is 4.79 Å². The van der Waals surface area contributed by atoms with Gasteiger partial charge in [0, 0.05) is 16.0 Å². The third-order valence-electron chi connectivity index (χ3n) is 4.67. The molecule has 4 rings (SSSR count). The zero-order valence-corrected chi connectivity index (χ0v) is 16.0. The van der Waals surface area contributed by atoms with Crippen molar-refractivity contribution in [2.75, 3.05) is 0 Å². The van der Waals surface area contributed by atoms with Crippen LogP contribution in [0.5, 0.6) is 0 Å². The summed E-state index contributed by atoms with van der Waals surface area (Å²) >= 11 is 3.26. The number of nitrogens with one attached hydrogen (secondary N) is 1. The molecular formula is C21H20N2OS2. The minimum absolute atomic E-state index is 0.00748. The average Bonchev–Trinajstić information content (AvgIpc) is 3.20. The molecule has 1 atom stereocenters. The van der Waals surface area contributed by atoms with Gasteiger partial charge in [-0.25, -0.2) is 4.98 Å². The molecule has 0 aliphatic heterocycles. The molecule has 1 aliphatic carbocycles. The maximum Gasteiger partial charge on any atom is 0.252 e. The Kier molecular flexibility index (Phi) is 5.37. The first-order chi connectivity index (χ1) is 12.8. The predicted octanol–water partition coefficient (Wildman–Crippen LogP) is 5.24. The summed E-state index contributed by atoms with van der Waals surface area (Å²) in [4.78, 5) is 18.3. The van der Waals surface area contributed by atoms with Crippen molar-refractivity contribution in [3.63, 3.8) is 0 Å². The van der Waals surface area contributed by atoms with E-state index in [1.807, 2.05) is 29.8 Å². The third-order valence-corrected chi connectivity index (χ3v) is 6.41. The second-order valence-corrected chi connectivity index (χ2v) is 8.12. The predicted molar refractivity (Wildman–Crippen MR) is 108 cm³/mol. The number of hydrogen-bond donors (Lipinski definition) is 1. The van der Waals surface area contributed by atoms with Gasteiger partial charge < -0.3 is 5.32 Å². The van der Waals surface area contributed by atoms with Gasteiger partial charge in [-0.1, -0.05) is 36.4 Å². The van der Waals surface area contributed by atoms with Crippen LogP contribution in [0.15, 0.2) is 64.3 Å². The molecule has 26 heavy (non-hydrogen) atoms. The number of hydrogen-bond acceptors (Lipinski definition) is 4. The molecule has 132 valence electrons. The van der Waals surface area contributed by atoms with E-state index < -0.39 is 0 Å². The number of thiazole rings is 1. The Morgan fingerprint density at radius 1 is 1.19 bits per heavy atom. The molecule has 0 saturated heterocycles. The van der Waals surface area contributed by atoms with E-state index in [0.29, 0.717) is 0 Å². The summed E-state index contributed by atoms with van der Waals surface area (Å²) in [6.07, 6.45) is 3.21. The van der Waals surface area contributed by atoms with Crippen molar-refractivity contribution < 1.29 is 4.79 Å². The Balaban J connectivity index is 1.50. The molecular weight excluding hydrogens is 360 g/mol. The fraction of sp³-hybridized carbons (Fsp3) is 0.238. The molecule has 1 heterocycles. The monoisotopic (exact) mass is 380 g/mol. The van der Waals surface area contributed by atoms with Crippen LogP contribution in [0.1, 0.15) is 46.1 Å². The first-order valence-electron chi connectivity index (χ1n) is 8.79. The number of carbonyl (C=O) groups is 1. The highest BCUT2D eigenvalue weighted by Crippen LogP contribution is 2.31. The molecule has 3 aromatic rings. The van der Waals surface area contributed by atoms with Gasteiger partial charge in [0.05, 0.1) is 22.8 Å². The molecule has 0 radical (unpaired) electrons. The molecule has 1 N–H and O–H groups in total. The summed E-state index contributed by atoms with van der Waals surface area (Å²) in [5.74, 6) is 0.785. The van der Waals surface area contributed by atoms with Crippen LogP contribution in [0, 0.1) is 0 Å². The molecule has 0 spiro atoms. The Morgan fingerprint density at radius 3 is 2.92 bits per heavy atom. The summed E-state index contributed by atoms with van der Waals surface area (Å²) in [6.45, 7) is 0. The Bertz CT molecular complexity index is 893. The Hall–Kier alpha value is -2.11. The van der Waals surface area contributed by atoms with E-state index in [4.69, 9.17) is 0 Å². The second kappa shape index (κ2) is 8.06. The van der Waals surface area contributed by atoms with Gasteiger partial charge >= 0.3 is 0 Å². The lowest BCUT2D eigenvalue weighted by Gasteiger charge is -2.26. The van der Waals surface area contributed by atoms with Gasteiger partial charge in [0.15, 0.2) is 0 Å². The first-order valence-corrected chi connectivity index (χ1v) is 10.7. The zero-order valence-electron chi connectivity index (χ0n) is 14.4. The van der Waals surface area contributed by atoms with E-state index in [-0.39, 0.29) is 11.9 Å². The number of nitrogens with zero attached hydrogens (tertiary/aromatic N) is 1. The number of fused-ring (bicyclic) bond motifs is 1. The molecule has 2 aromatic carbocycles. The lowest BCUT2D eigenvalue weighted by molar-refractivity contribution is 0.0930. The standard InChI is InChI=1S/C21H20N2OS2/c24-21(23-19-10-5-7-15-6-1-2-8-17(15)19)18-9-3-4-11-20(18)26-13-16-12-25-14-22-16/h1-4,6,8-9,11-12,14,19H,5,7,10,13H2,(H,23,24). The minimum atomic E-state index is 0.00748. The first kappa shape index (κ1) is 17.3. The van der Waals surface area contributed by atoms with Gasteiger partial charge in [-0.15, -0.1) is 23.1 Å². The van der Waals surface area contributed by atoms with Crippen molar-refractivity contribution >= 4 is 29.0 Å². The van der Waals surface area contributed by atoms with Gasteiger partial charge in [-0.2, -0.15) is 0 Å². The number of thioether (sulfide) groups is 1. The van der Waals surface area contributed by atoms with Crippen LogP contribution < -0.4 is 5.32 Å². The largest absolute Gasteiger partial charge is 0.345 e. The summed E-state index contributed by atoms with van der Waals surface area (Å²) in [7, 11) is 0. The number of carbonyl (C=O) groups excluding carboxylic acids is 1. The smallest absolute Gasteiger partial charge is 0.252 e.